The number of benzene rings is 1. The second-order valence-corrected chi connectivity index (χ2v) is 6.92. The van der Waals surface area contributed by atoms with Crippen LogP contribution in [0.2, 0.25) is 0 Å². The van der Waals surface area contributed by atoms with Gasteiger partial charge in [0.2, 0.25) is 5.95 Å². The number of rotatable bonds is 8. The molecule has 7 nitrogen and oxygen atoms in total. The van der Waals surface area contributed by atoms with Gasteiger partial charge in [0.15, 0.2) is 0 Å². The Labute approximate surface area is 171 Å². The van der Waals surface area contributed by atoms with Crippen molar-refractivity contribution in [3.63, 3.8) is 0 Å². The molecule has 29 heavy (non-hydrogen) atoms. The molecule has 3 heterocycles. The second-order valence-electron chi connectivity index (χ2n) is 6.92. The summed E-state index contributed by atoms with van der Waals surface area (Å²) in [4.78, 5) is 15.8. The molecule has 0 unspecified atom stereocenters. The fourth-order valence-corrected chi connectivity index (χ4v) is 3.22. The van der Waals surface area contributed by atoms with Gasteiger partial charge >= 0.3 is 0 Å². The molecular weight excluding hydrogens is 364 g/mol. The summed E-state index contributed by atoms with van der Waals surface area (Å²) in [5.74, 6) is 1.43. The van der Waals surface area contributed by atoms with Crippen LogP contribution in [-0.4, -0.2) is 59.2 Å². The van der Waals surface area contributed by atoms with Crippen LogP contribution in [0, 0.1) is 0 Å². The van der Waals surface area contributed by atoms with Crippen LogP contribution in [0.25, 0.3) is 11.3 Å². The summed E-state index contributed by atoms with van der Waals surface area (Å²) in [5.41, 5.74) is 3.12. The van der Waals surface area contributed by atoms with E-state index in [1.165, 1.54) is 0 Å². The lowest BCUT2D eigenvalue weighted by Crippen LogP contribution is -2.39. The van der Waals surface area contributed by atoms with Crippen molar-refractivity contribution in [2.24, 2.45) is 0 Å². The van der Waals surface area contributed by atoms with E-state index in [1.807, 2.05) is 36.4 Å². The number of ether oxygens (including phenoxy) is 1. The van der Waals surface area contributed by atoms with E-state index >= 15 is 0 Å². The molecule has 0 spiro atoms. The number of hydrogen-bond donors (Lipinski definition) is 2. The summed E-state index contributed by atoms with van der Waals surface area (Å²) >= 11 is 0. The van der Waals surface area contributed by atoms with Crippen molar-refractivity contribution in [3.05, 3.63) is 66.5 Å². The minimum atomic E-state index is 0.636. The topological polar surface area (TPSA) is 75.2 Å². The normalized spacial score (nSPS) is 14.5. The van der Waals surface area contributed by atoms with Crippen LogP contribution in [0.1, 0.15) is 5.56 Å². The van der Waals surface area contributed by atoms with E-state index in [-0.39, 0.29) is 0 Å². The van der Waals surface area contributed by atoms with Gasteiger partial charge in [0.05, 0.1) is 18.9 Å². The van der Waals surface area contributed by atoms with Crippen LogP contribution >= 0.6 is 0 Å². The second kappa shape index (κ2) is 9.95. The van der Waals surface area contributed by atoms with Gasteiger partial charge in [-0.05, 0) is 17.7 Å². The van der Waals surface area contributed by atoms with Gasteiger partial charge < -0.3 is 15.4 Å². The molecule has 3 aromatic rings. The molecule has 1 aliphatic rings. The van der Waals surface area contributed by atoms with Crippen molar-refractivity contribution in [2.75, 3.05) is 50.0 Å². The van der Waals surface area contributed by atoms with Gasteiger partial charge in [-0.3, -0.25) is 9.88 Å². The Kier molecular flexibility index (Phi) is 6.62. The molecule has 0 atom stereocenters. The predicted molar refractivity (Wildman–Crippen MR) is 115 cm³/mol. The molecule has 1 fully saturated rings. The Morgan fingerprint density at radius 1 is 0.931 bits per heavy atom. The van der Waals surface area contributed by atoms with E-state index in [1.54, 1.807) is 12.4 Å². The van der Waals surface area contributed by atoms with Crippen molar-refractivity contribution < 1.29 is 4.74 Å². The highest BCUT2D eigenvalue weighted by Crippen LogP contribution is 2.21. The van der Waals surface area contributed by atoms with Gasteiger partial charge in [-0.15, -0.1) is 0 Å². The Hall–Kier alpha value is -3.03. The molecule has 1 aliphatic heterocycles. The van der Waals surface area contributed by atoms with Crippen molar-refractivity contribution in [1.82, 2.24) is 19.9 Å². The van der Waals surface area contributed by atoms with Crippen LogP contribution in [-0.2, 0) is 11.3 Å². The third-order valence-corrected chi connectivity index (χ3v) is 4.83. The maximum atomic E-state index is 5.41. The van der Waals surface area contributed by atoms with Crippen molar-refractivity contribution in [2.45, 2.75) is 6.54 Å². The molecule has 4 rings (SSSR count). The summed E-state index contributed by atoms with van der Waals surface area (Å²) in [5, 5.41) is 6.79. The van der Waals surface area contributed by atoms with Crippen molar-refractivity contribution >= 4 is 11.8 Å². The van der Waals surface area contributed by atoms with Gasteiger partial charge in [0.25, 0.3) is 0 Å². The molecule has 0 bridgehead atoms. The molecular formula is C22H26N6O. The van der Waals surface area contributed by atoms with E-state index in [2.05, 4.69) is 37.6 Å². The van der Waals surface area contributed by atoms with E-state index < -0.39 is 0 Å². The number of hydrogen-bond acceptors (Lipinski definition) is 7. The van der Waals surface area contributed by atoms with E-state index in [0.717, 1.165) is 62.0 Å². The Morgan fingerprint density at radius 2 is 1.72 bits per heavy atom. The lowest BCUT2D eigenvalue weighted by atomic mass is 10.1. The molecule has 0 radical (unpaired) electrons. The molecule has 0 saturated carbocycles. The first-order valence-corrected chi connectivity index (χ1v) is 9.98. The minimum absolute atomic E-state index is 0.636. The number of aromatic nitrogens is 3. The fourth-order valence-electron chi connectivity index (χ4n) is 3.22. The first-order chi connectivity index (χ1) is 14.4. The third-order valence-electron chi connectivity index (χ3n) is 4.83. The fraction of sp³-hybridized carbons (Fsp3) is 0.318. The highest BCUT2D eigenvalue weighted by molar-refractivity contribution is 5.64. The van der Waals surface area contributed by atoms with Crippen LogP contribution in [0.4, 0.5) is 11.8 Å². The van der Waals surface area contributed by atoms with E-state index in [9.17, 15) is 0 Å². The molecule has 2 N–H and O–H groups in total. The van der Waals surface area contributed by atoms with Crippen LogP contribution in [0.5, 0.6) is 0 Å². The largest absolute Gasteiger partial charge is 0.379 e. The number of nitrogens with one attached hydrogen (secondary N) is 2. The van der Waals surface area contributed by atoms with Gasteiger partial charge in [0.1, 0.15) is 5.82 Å². The van der Waals surface area contributed by atoms with Crippen molar-refractivity contribution in [3.8, 4) is 11.3 Å². The molecule has 0 amide bonds. The summed E-state index contributed by atoms with van der Waals surface area (Å²) in [7, 11) is 0. The zero-order chi connectivity index (χ0) is 19.7. The van der Waals surface area contributed by atoms with Gasteiger partial charge in [-0.25, -0.2) is 4.98 Å². The quantitative estimate of drug-likeness (QED) is 0.612. The molecule has 150 valence electrons. The minimum Gasteiger partial charge on any atom is -0.379 e. The average molecular weight is 390 g/mol. The van der Waals surface area contributed by atoms with Gasteiger partial charge in [0, 0.05) is 56.7 Å². The predicted octanol–water partition coefficient (Wildman–Crippen LogP) is 2.89. The lowest BCUT2D eigenvalue weighted by Gasteiger charge is -2.26. The first kappa shape index (κ1) is 19.3. The van der Waals surface area contributed by atoms with Crippen LogP contribution < -0.4 is 10.6 Å². The molecule has 0 aliphatic carbocycles. The molecule has 1 aromatic carbocycles. The van der Waals surface area contributed by atoms with Crippen LogP contribution in [0.15, 0.2) is 60.9 Å². The standard InChI is InChI=1S/C22H26N6O/c1-2-4-19(5-3-1)20-16-21(25-17-18-6-8-23-9-7-18)27-22(26-20)24-10-11-28-12-14-29-15-13-28/h1-9,16H,10-15,17H2,(H2,24,25,26,27). The smallest absolute Gasteiger partial charge is 0.225 e. The number of pyridine rings is 1. The highest BCUT2D eigenvalue weighted by atomic mass is 16.5. The number of anilines is 2. The third kappa shape index (κ3) is 5.73. The summed E-state index contributed by atoms with van der Waals surface area (Å²) < 4.78 is 5.41. The molecule has 2 aromatic heterocycles. The zero-order valence-corrected chi connectivity index (χ0v) is 16.4. The number of morpholine rings is 1. The maximum absolute atomic E-state index is 5.41. The summed E-state index contributed by atoms with van der Waals surface area (Å²) in [6, 6.07) is 16.2. The number of nitrogens with zero attached hydrogens (tertiary/aromatic N) is 4. The maximum Gasteiger partial charge on any atom is 0.225 e. The average Bonchev–Trinajstić information content (AvgIpc) is 2.80. The van der Waals surface area contributed by atoms with Crippen LogP contribution in [0.3, 0.4) is 0 Å². The van der Waals surface area contributed by atoms with E-state index in [4.69, 9.17) is 9.72 Å². The van der Waals surface area contributed by atoms with Crippen molar-refractivity contribution in [1.29, 1.82) is 0 Å². The monoisotopic (exact) mass is 390 g/mol. The zero-order valence-electron chi connectivity index (χ0n) is 16.4. The van der Waals surface area contributed by atoms with E-state index in [0.29, 0.717) is 12.5 Å². The molecule has 1 saturated heterocycles. The Balaban J connectivity index is 1.46. The lowest BCUT2D eigenvalue weighted by molar-refractivity contribution is 0.0398. The Morgan fingerprint density at radius 3 is 2.52 bits per heavy atom. The summed E-state index contributed by atoms with van der Waals surface area (Å²) in [6.45, 7) is 5.99. The SMILES string of the molecule is c1ccc(-c2cc(NCc3ccncc3)nc(NCCN3CCOCC3)n2)cc1. The molecule has 7 heteroatoms. The van der Waals surface area contributed by atoms with Gasteiger partial charge in [-0.1, -0.05) is 30.3 Å². The summed E-state index contributed by atoms with van der Waals surface area (Å²) in [6.07, 6.45) is 3.59. The highest BCUT2D eigenvalue weighted by Gasteiger charge is 2.11. The van der Waals surface area contributed by atoms with Gasteiger partial charge in [-0.2, -0.15) is 4.98 Å². The Bertz CT molecular complexity index is 884. The first-order valence-electron chi connectivity index (χ1n) is 9.98.